The molecule has 0 amide bonds. The molecule has 1 aliphatic rings. The lowest BCUT2D eigenvalue weighted by Crippen LogP contribution is -2.54. The van der Waals surface area contributed by atoms with E-state index in [1.165, 1.54) is 26.6 Å². The zero-order valence-electron chi connectivity index (χ0n) is 20.2. The molecule has 0 saturated carbocycles. The number of benzene rings is 1. The van der Waals surface area contributed by atoms with Crippen molar-refractivity contribution < 1.29 is 23.0 Å². The second-order valence-electron chi connectivity index (χ2n) is 8.31. The molecule has 0 aliphatic carbocycles. The molecule has 12 heteroatoms. The molecule has 35 heavy (non-hydrogen) atoms. The second kappa shape index (κ2) is 11.8. The van der Waals surface area contributed by atoms with Gasteiger partial charge in [-0.3, -0.25) is 4.90 Å². The third-order valence-electron chi connectivity index (χ3n) is 5.26. The predicted molar refractivity (Wildman–Crippen MR) is 128 cm³/mol. The summed E-state index contributed by atoms with van der Waals surface area (Å²) in [4.78, 5) is 14.5. The number of amidine groups is 1. The molecule has 2 atom stereocenters. The van der Waals surface area contributed by atoms with E-state index >= 15 is 0 Å². The van der Waals surface area contributed by atoms with E-state index in [0.717, 1.165) is 19.2 Å². The van der Waals surface area contributed by atoms with Gasteiger partial charge in [0.25, 0.3) is 5.95 Å². The maximum absolute atomic E-state index is 14.5. The fraction of sp³-hybridized carbons (Fsp3) is 0.435. The van der Waals surface area contributed by atoms with E-state index < -0.39 is 18.2 Å². The molecule has 2 aromatic rings. The molecule has 0 radical (unpaired) electrons. The van der Waals surface area contributed by atoms with Gasteiger partial charge in [-0.1, -0.05) is 0 Å². The van der Waals surface area contributed by atoms with Crippen LogP contribution in [0.2, 0.25) is 0 Å². The Balaban J connectivity index is 1.62. The highest BCUT2D eigenvalue weighted by Crippen LogP contribution is 2.32. The highest BCUT2D eigenvalue weighted by molar-refractivity contribution is 5.93. The van der Waals surface area contributed by atoms with Gasteiger partial charge in [-0.05, 0) is 13.8 Å². The summed E-state index contributed by atoms with van der Waals surface area (Å²) >= 11 is 0. The molecule has 0 unspecified atom stereocenters. The summed E-state index contributed by atoms with van der Waals surface area (Å²) in [6.07, 6.45) is 4.22. The van der Waals surface area contributed by atoms with Crippen LogP contribution in [0.3, 0.4) is 0 Å². The molecule has 1 aliphatic heterocycles. The van der Waals surface area contributed by atoms with Crippen LogP contribution >= 0.6 is 0 Å². The van der Waals surface area contributed by atoms with Crippen molar-refractivity contribution in [2.45, 2.75) is 32.5 Å². The quantitative estimate of drug-likeness (QED) is 0.355. The molecule has 190 valence electrons. The average molecular weight is 492 g/mol. The van der Waals surface area contributed by atoms with Crippen molar-refractivity contribution in [1.29, 1.82) is 0 Å². The molecular formula is C23H31F2N7O3. The number of methoxy groups -OCH3 is 2. The Labute approximate surface area is 203 Å². The molecule has 5 N–H and O–H groups in total. The van der Waals surface area contributed by atoms with Crippen LogP contribution in [-0.2, 0) is 6.61 Å². The monoisotopic (exact) mass is 491 g/mol. The third-order valence-corrected chi connectivity index (χ3v) is 5.26. The van der Waals surface area contributed by atoms with Crippen LogP contribution in [0, 0.1) is 11.6 Å². The maximum atomic E-state index is 14.5. The van der Waals surface area contributed by atoms with Crippen LogP contribution in [0.1, 0.15) is 19.4 Å². The van der Waals surface area contributed by atoms with Gasteiger partial charge in [-0.2, -0.15) is 4.99 Å². The molecular weight excluding hydrogens is 460 g/mol. The molecule has 0 spiro atoms. The lowest BCUT2D eigenvalue weighted by atomic mass is 10.1. The van der Waals surface area contributed by atoms with Gasteiger partial charge in [0.2, 0.25) is 0 Å². The minimum atomic E-state index is -0.880. The van der Waals surface area contributed by atoms with Gasteiger partial charge in [-0.25, -0.2) is 18.7 Å². The Morgan fingerprint density at radius 2 is 1.69 bits per heavy atom. The van der Waals surface area contributed by atoms with Crippen molar-refractivity contribution in [2.75, 3.05) is 33.9 Å². The van der Waals surface area contributed by atoms with E-state index in [9.17, 15) is 8.78 Å². The lowest BCUT2D eigenvalue weighted by Gasteiger charge is -2.36. The van der Waals surface area contributed by atoms with Crippen molar-refractivity contribution in [3.63, 3.8) is 0 Å². The number of piperazine rings is 1. The van der Waals surface area contributed by atoms with Crippen molar-refractivity contribution in [3.8, 4) is 17.2 Å². The van der Waals surface area contributed by atoms with E-state index in [0.29, 0.717) is 24.3 Å². The Bertz CT molecular complexity index is 1040. The van der Waals surface area contributed by atoms with Gasteiger partial charge in [0.05, 0.1) is 32.2 Å². The summed E-state index contributed by atoms with van der Waals surface area (Å²) in [5, 5.41) is 3.47. The molecule has 0 bridgehead atoms. The van der Waals surface area contributed by atoms with Gasteiger partial charge in [0.15, 0.2) is 28.9 Å². The minimum absolute atomic E-state index is 0.0868. The summed E-state index contributed by atoms with van der Waals surface area (Å²) in [5.74, 6) is -1.66. The van der Waals surface area contributed by atoms with Gasteiger partial charge < -0.3 is 31.0 Å². The number of ether oxygens (including phenoxy) is 3. The van der Waals surface area contributed by atoms with Gasteiger partial charge >= 0.3 is 0 Å². The van der Waals surface area contributed by atoms with Crippen LogP contribution in [-0.4, -0.2) is 66.6 Å². The first-order chi connectivity index (χ1) is 16.7. The normalized spacial score (nSPS) is 19.5. The van der Waals surface area contributed by atoms with E-state index in [-0.39, 0.29) is 34.6 Å². The highest BCUT2D eigenvalue weighted by atomic mass is 19.1. The molecule has 2 heterocycles. The number of halogens is 2. The Morgan fingerprint density at radius 3 is 2.23 bits per heavy atom. The third kappa shape index (κ3) is 6.99. The summed E-state index contributed by atoms with van der Waals surface area (Å²) in [7, 11) is 2.54. The second-order valence-corrected chi connectivity index (χ2v) is 8.31. The Kier molecular flexibility index (Phi) is 8.77. The van der Waals surface area contributed by atoms with Crippen molar-refractivity contribution >= 4 is 11.8 Å². The van der Waals surface area contributed by atoms with Gasteiger partial charge in [-0.15, -0.1) is 0 Å². The first-order valence-corrected chi connectivity index (χ1v) is 11.0. The smallest absolute Gasteiger partial charge is 0.251 e. The first-order valence-electron chi connectivity index (χ1n) is 11.0. The SMILES string of the molecule is COc1cc(OC)c(F)c(COc2cnc(/N=C(N)\C=C(/N)CN3C[C@@H](C)N[C@@H](C)C3)nc2)c1F. The summed E-state index contributed by atoms with van der Waals surface area (Å²) in [5.41, 5.74) is 12.3. The van der Waals surface area contributed by atoms with Crippen molar-refractivity contribution in [3.05, 3.63) is 47.4 Å². The fourth-order valence-corrected chi connectivity index (χ4v) is 3.87. The lowest BCUT2D eigenvalue weighted by molar-refractivity contribution is 0.186. The van der Waals surface area contributed by atoms with Crippen LogP contribution in [0.15, 0.2) is 35.2 Å². The topological polar surface area (TPSA) is 133 Å². The number of aliphatic imine (C=N–C) groups is 1. The van der Waals surface area contributed by atoms with Crippen molar-refractivity contribution in [1.82, 2.24) is 20.2 Å². The molecule has 3 rings (SSSR count). The number of hydrogen-bond acceptors (Lipinski definition) is 9. The maximum Gasteiger partial charge on any atom is 0.251 e. The van der Waals surface area contributed by atoms with Crippen LogP contribution < -0.4 is 31.0 Å². The van der Waals surface area contributed by atoms with Crippen LogP contribution in [0.25, 0.3) is 0 Å². The summed E-state index contributed by atoms with van der Waals surface area (Å²) in [6, 6.07) is 1.89. The largest absolute Gasteiger partial charge is 0.494 e. The van der Waals surface area contributed by atoms with E-state index in [1.54, 1.807) is 6.08 Å². The van der Waals surface area contributed by atoms with E-state index in [4.69, 9.17) is 25.7 Å². The van der Waals surface area contributed by atoms with Crippen LogP contribution in [0.5, 0.6) is 17.2 Å². The molecule has 1 saturated heterocycles. The molecule has 1 aromatic carbocycles. The number of nitrogens with zero attached hydrogens (tertiary/aromatic N) is 4. The summed E-state index contributed by atoms with van der Waals surface area (Å²) in [6.45, 7) is 6.17. The minimum Gasteiger partial charge on any atom is -0.494 e. The standard InChI is InChI=1S/C23H31F2N7O3/c1-13-9-32(10-14(2)30-13)11-15(26)5-20(27)31-23-28-7-16(8-29-23)35-12-17-21(24)18(33-3)6-19(34-4)22(17)25/h5-8,13-14,30H,9-12,26H2,1-4H3,(H2,27,28,29,31)/b15-5-/t13-,14+. The van der Waals surface area contributed by atoms with Crippen LogP contribution in [0.4, 0.5) is 14.7 Å². The average Bonchev–Trinajstić information content (AvgIpc) is 2.79. The first kappa shape index (κ1) is 26.1. The number of nitrogens with one attached hydrogen (secondary N) is 1. The molecule has 10 nitrogen and oxygen atoms in total. The van der Waals surface area contributed by atoms with Gasteiger partial charge in [0.1, 0.15) is 12.4 Å². The zero-order valence-corrected chi connectivity index (χ0v) is 20.2. The van der Waals surface area contributed by atoms with E-state index in [2.05, 4.69) is 39.0 Å². The van der Waals surface area contributed by atoms with Gasteiger partial charge in [0, 0.05) is 49.6 Å². The fourth-order valence-electron chi connectivity index (χ4n) is 3.87. The van der Waals surface area contributed by atoms with Crippen molar-refractivity contribution in [2.24, 2.45) is 16.5 Å². The predicted octanol–water partition coefficient (Wildman–Crippen LogP) is 1.86. The number of hydrogen-bond donors (Lipinski definition) is 3. The number of rotatable bonds is 9. The zero-order chi connectivity index (χ0) is 25.5. The molecule has 1 fully saturated rings. The Hall–Kier alpha value is -3.51. The number of nitrogens with two attached hydrogens (primary N) is 2. The Morgan fingerprint density at radius 1 is 1.11 bits per heavy atom. The van der Waals surface area contributed by atoms with E-state index in [1.807, 2.05) is 0 Å². The number of aromatic nitrogens is 2. The molecule has 1 aromatic heterocycles. The summed E-state index contributed by atoms with van der Waals surface area (Å²) < 4.78 is 44.2. The highest BCUT2D eigenvalue weighted by Gasteiger charge is 2.22.